The summed E-state index contributed by atoms with van der Waals surface area (Å²) in [5, 5.41) is 3.65. The minimum absolute atomic E-state index is 0.0191. The van der Waals surface area contributed by atoms with Crippen LogP contribution in [0.5, 0.6) is 0 Å². The Morgan fingerprint density at radius 2 is 1.64 bits per heavy atom. The second-order valence-corrected chi connectivity index (χ2v) is 13.3. The molecule has 0 unspecified atom stereocenters. The van der Waals surface area contributed by atoms with Crippen LogP contribution in [0.3, 0.4) is 0 Å². The highest BCUT2D eigenvalue weighted by molar-refractivity contribution is 7.92. The third kappa shape index (κ3) is 9.48. The average Bonchev–Trinajstić information content (AvgIpc) is 2.95. The normalized spacial score (nSPS) is 12.8. The third-order valence-electron chi connectivity index (χ3n) is 7.20. The van der Waals surface area contributed by atoms with E-state index in [0.29, 0.717) is 11.4 Å². The van der Waals surface area contributed by atoms with E-state index in [9.17, 15) is 18.0 Å². The molecule has 42 heavy (non-hydrogen) atoms. The van der Waals surface area contributed by atoms with Crippen LogP contribution in [-0.2, 0) is 32.6 Å². The van der Waals surface area contributed by atoms with Crippen molar-refractivity contribution in [2.24, 2.45) is 0 Å². The lowest BCUT2D eigenvalue weighted by Crippen LogP contribution is -2.52. The Balaban J connectivity index is 1.92. The highest BCUT2D eigenvalue weighted by Gasteiger charge is 2.31. The lowest BCUT2D eigenvalue weighted by atomic mass is 10.0. The minimum atomic E-state index is -3.72. The van der Waals surface area contributed by atoms with Gasteiger partial charge in [-0.25, -0.2) is 8.42 Å². The van der Waals surface area contributed by atoms with Crippen LogP contribution in [0.15, 0.2) is 72.8 Å². The van der Waals surface area contributed by atoms with Gasteiger partial charge in [-0.2, -0.15) is 0 Å². The standard InChI is InChI=1S/C32H39Cl2N3O4S/c1-5-24(3)35-32(39)30(20-25-13-7-6-8-14-25)36(22-26-15-10-9-12-23(26)2)31(38)16-11-19-37(42(4,40)41)29-21-27(33)17-18-28(29)34/h6-10,12-15,17-18,21,24,30H,5,11,16,19-20,22H2,1-4H3,(H,35,39)/t24-,30+/m1/s1. The number of amides is 2. The summed E-state index contributed by atoms with van der Waals surface area (Å²) in [6, 6.07) is 21.2. The molecule has 0 aromatic heterocycles. The van der Waals surface area contributed by atoms with Crippen molar-refractivity contribution in [3.8, 4) is 0 Å². The third-order valence-corrected chi connectivity index (χ3v) is 8.94. The quantitative estimate of drug-likeness (QED) is 0.223. The molecule has 0 saturated heterocycles. The molecule has 0 fully saturated rings. The fraction of sp³-hybridized carbons (Fsp3) is 0.375. The number of rotatable bonds is 14. The van der Waals surface area contributed by atoms with Gasteiger partial charge in [0.05, 0.1) is 17.0 Å². The summed E-state index contributed by atoms with van der Waals surface area (Å²) in [7, 11) is -3.72. The molecule has 3 aromatic rings. The largest absolute Gasteiger partial charge is 0.352 e. The predicted molar refractivity (Wildman–Crippen MR) is 171 cm³/mol. The molecule has 0 heterocycles. The summed E-state index contributed by atoms with van der Waals surface area (Å²) in [4.78, 5) is 29.3. The zero-order valence-electron chi connectivity index (χ0n) is 24.5. The number of benzene rings is 3. The minimum Gasteiger partial charge on any atom is -0.352 e. The van der Waals surface area contributed by atoms with Gasteiger partial charge in [0.25, 0.3) is 0 Å². The van der Waals surface area contributed by atoms with Crippen molar-refractivity contribution < 1.29 is 18.0 Å². The van der Waals surface area contributed by atoms with Crippen molar-refractivity contribution in [2.45, 2.75) is 65.1 Å². The number of nitrogens with one attached hydrogen (secondary N) is 1. The monoisotopic (exact) mass is 631 g/mol. The van der Waals surface area contributed by atoms with Gasteiger partial charge >= 0.3 is 0 Å². The summed E-state index contributed by atoms with van der Waals surface area (Å²) in [6.45, 7) is 6.17. The van der Waals surface area contributed by atoms with Gasteiger partial charge in [0.2, 0.25) is 21.8 Å². The Bertz CT molecular complexity index is 1470. The molecule has 0 saturated carbocycles. The summed E-state index contributed by atoms with van der Waals surface area (Å²) >= 11 is 12.4. The first kappa shape index (κ1) is 33.4. The number of halogens is 2. The fourth-order valence-corrected chi connectivity index (χ4v) is 6.03. The topological polar surface area (TPSA) is 86.8 Å². The van der Waals surface area contributed by atoms with Gasteiger partial charge in [-0.3, -0.25) is 13.9 Å². The molecule has 1 N–H and O–H groups in total. The molecule has 0 aliphatic rings. The first-order valence-corrected chi connectivity index (χ1v) is 16.6. The lowest BCUT2D eigenvalue weighted by molar-refractivity contribution is -0.141. The van der Waals surface area contributed by atoms with Crippen LogP contribution < -0.4 is 9.62 Å². The van der Waals surface area contributed by atoms with E-state index in [2.05, 4.69) is 5.32 Å². The van der Waals surface area contributed by atoms with Crippen molar-refractivity contribution >= 4 is 50.7 Å². The molecule has 7 nitrogen and oxygen atoms in total. The molecule has 3 aromatic carbocycles. The van der Waals surface area contributed by atoms with E-state index >= 15 is 0 Å². The van der Waals surface area contributed by atoms with Crippen LogP contribution in [0.4, 0.5) is 5.69 Å². The van der Waals surface area contributed by atoms with Crippen LogP contribution in [0, 0.1) is 6.92 Å². The Morgan fingerprint density at radius 3 is 2.29 bits per heavy atom. The molecular formula is C32H39Cl2N3O4S. The Hall–Kier alpha value is -3.07. The Labute approximate surface area is 259 Å². The van der Waals surface area contributed by atoms with Gasteiger partial charge in [0.15, 0.2) is 0 Å². The van der Waals surface area contributed by atoms with Crippen molar-refractivity contribution in [1.29, 1.82) is 0 Å². The number of anilines is 1. The van der Waals surface area contributed by atoms with Crippen LogP contribution in [-0.4, -0.2) is 50.0 Å². The maximum absolute atomic E-state index is 14.0. The van der Waals surface area contributed by atoms with Crippen molar-refractivity contribution in [1.82, 2.24) is 10.2 Å². The Morgan fingerprint density at radius 1 is 0.976 bits per heavy atom. The second-order valence-electron chi connectivity index (χ2n) is 10.5. The molecular weight excluding hydrogens is 593 g/mol. The second kappa shape index (κ2) is 15.4. The molecule has 2 atom stereocenters. The van der Waals surface area contributed by atoms with E-state index in [1.54, 1.807) is 11.0 Å². The van der Waals surface area contributed by atoms with Gasteiger partial charge in [0.1, 0.15) is 6.04 Å². The molecule has 2 amide bonds. The van der Waals surface area contributed by atoms with E-state index in [1.165, 1.54) is 12.1 Å². The van der Waals surface area contributed by atoms with Crippen molar-refractivity contribution in [3.05, 3.63) is 99.5 Å². The fourth-order valence-electron chi connectivity index (χ4n) is 4.63. The van der Waals surface area contributed by atoms with Crippen molar-refractivity contribution in [2.75, 3.05) is 17.1 Å². The highest BCUT2D eigenvalue weighted by Crippen LogP contribution is 2.31. The maximum atomic E-state index is 14.0. The molecule has 0 spiro atoms. The SMILES string of the molecule is CC[C@@H](C)NC(=O)[C@H](Cc1ccccc1)N(Cc1ccccc1C)C(=O)CCCN(c1cc(Cl)ccc1Cl)S(C)(=O)=O. The number of hydrogen-bond acceptors (Lipinski definition) is 4. The average molecular weight is 633 g/mol. The zero-order chi connectivity index (χ0) is 30.9. The van der Waals surface area contributed by atoms with E-state index in [-0.39, 0.29) is 54.5 Å². The van der Waals surface area contributed by atoms with Gasteiger partial charge < -0.3 is 10.2 Å². The first-order valence-electron chi connectivity index (χ1n) is 14.0. The van der Waals surface area contributed by atoms with Gasteiger partial charge in [-0.05, 0) is 61.6 Å². The van der Waals surface area contributed by atoms with Gasteiger partial charge in [-0.1, -0.05) is 84.7 Å². The molecule has 10 heteroatoms. The molecule has 0 aliphatic carbocycles. The van der Waals surface area contributed by atoms with E-state index in [0.717, 1.165) is 33.7 Å². The number of nitrogens with zero attached hydrogens (tertiary/aromatic N) is 2. The number of aryl methyl sites for hydroxylation is 1. The zero-order valence-corrected chi connectivity index (χ0v) is 26.8. The molecule has 0 aliphatic heterocycles. The maximum Gasteiger partial charge on any atom is 0.243 e. The van der Waals surface area contributed by atoms with E-state index in [4.69, 9.17) is 23.2 Å². The lowest BCUT2D eigenvalue weighted by Gasteiger charge is -2.33. The summed E-state index contributed by atoms with van der Waals surface area (Å²) in [5.74, 6) is -0.470. The number of carbonyl (C=O) groups is 2. The van der Waals surface area contributed by atoms with E-state index in [1.807, 2.05) is 75.4 Å². The molecule has 226 valence electrons. The Kier molecular flexibility index (Phi) is 12.3. The summed E-state index contributed by atoms with van der Waals surface area (Å²) < 4.78 is 26.5. The number of hydrogen-bond donors (Lipinski definition) is 1. The molecule has 0 radical (unpaired) electrons. The first-order chi connectivity index (χ1) is 19.9. The van der Waals surface area contributed by atoms with Crippen LogP contribution in [0.2, 0.25) is 10.0 Å². The molecule has 3 rings (SSSR count). The van der Waals surface area contributed by atoms with Crippen molar-refractivity contribution in [3.63, 3.8) is 0 Å². The van der Waals surface area contributed by atoms with Crippen LogP contribution in [0.25, 0.3) is 0 Å². The molecule has 0 bridgehead atoms. The number of sulfonamides is 1. The highest BCUT2D eigenvalue weighted by atomic mass is 35.5. The van der Waals surface area contributed by atoms with Gasteiger partial charge in [0, 0.05) is 37.0 Å². The smallest absolute Gasteiger partial charge is 0.243 e. The summed E-state index contributed by atoms with van der Waals surface area (Å²) in [6.07, 6.45) is 2.42. The van der Waals surface area contributed by atoms with Gasteiger partial charge in [-0.15, -0.1) is 0 Å². The summed E-state index contributed by atoms with van der Waals surface area (Å²) in [5.41, 5.74) is 3.13. The van der Waals surface area contributed by atoms with Crippen LogP contribution >= 0.6 is 23.2 Å². The predicted octanol–water partition coefficient (Wildman–Crippen LogP) is 6.40. The van der Waals surface area contributed by atoms with Crippen LogP contribution in [0.1, 0.15) is 49.8 Å². The number of carbonyl (C=O) groups excluding carboxylic acids is 2. The van der Waals surface area contributed by atoms with E-state index < -0.39 is 16.1 Å².